The van der Waals surface area contributed by atoms with Gasteiger partial charge in [0.05, 0.1) is 18.5 Å². The third-order valence-corrected chi connectivity index (χ3v) is 2.31. The van der Waals surface area contributed by atoms with Crippen LogP contribution in [0.15, 0.2) is 24.3 Å². The summed E-state index contributed by atoms with van der Waals surface area (Å²) >= 11 is 5.66. The average Bonchev–Trinajstić information content (AvgIpc) is 2.30. The summed E-state index contributed by atoms with van der Waals surface area (Å²) in [5.74, 6) is -0.371. The van der Waals surface area contributed by atoms with Crippen molar-refractivity contribution >= 4 is 29.3 Å². The van der Waals surface area contributed by atoms with Crippen molar-refractivity contribution in [1.29, 1.82) is 0 Å². The molecule has 0 heterocycles. The number of methoxy groups -OCH3 is 1. The molecule has 0 saturated heterocycles. The van der Waals surface area contributed by atoms with Crippen LogP contribution in [-0.2, 0) is 9.53 Å². The topological polar surface area (TPSA) is 69.4 Å². The van der Waals surface area contributed by atoms with E-state index in [1.165, 1.54) is 19.2 Å². The fourth-order valence-corrected chi connectivity index (χ4v) is 1.33. The van der Waals surface area contributed by atoms with Crippen LogP contribution >= 0.6 is 11.6 Å². The molecule has 17 heavy (non-hydrogen) atoms. The van der Waals surface area contributed by atoms with Crippen molar-refractivity contribution in [2.45, 2.75) is 6.42 Å². The van der Waals surface area contributed by atoms with Gasteiger partial charge in [-0.05, 0) is 11.6 Å². The highest BCUT2D eigenvalue weighted by Gasteiger charge is 2.11. The molecule has 0 aliphatic rings. The molecule has 0 aromatic heterocycles. The predicted molar refractivity (Wildman–Crippen MR) is 63.8 cm³/mol. The van der Waals surface area contributed by atoms with Gasteiger partial charge in [0.25, 0.3) is 5.69 Å². The molecule has 0 aliphatic carbocycles. The second-order valence-electron chi connectivity index (χ2n) is 3.15. The number of rotatable bonds is 4. The lowest BCUT2D eigenvalue weighted by atomic mass is 10.2. The lowest BCUT2D eigenvalue weighted by Crippen LogP contribution is -1.96. The number of carbonyl (C=O) groups is 1. The van der Waals surface area contributed by atoms with E-state index in [4.69, 9.17) is 11.6 Å². The molecule has 0 atom stereocenters. The van der Waals surface area contributed by atoms with E-state index in [-0.39, 0.29) is 23.1 Å². The molecule has 6 heteroatoms. The summed E-state index contributed by atoms with van der Waals surface area (Å²) in [6.45, 7) is 0. The van der Waals surface area contributed by atoms with Crippen LogP contribution in [0, 0.1) is 10.1 Å². The van der Waals surface area contributed by atoms with Gasteiger partial charge < -0.3 is 4.74 Å². The number of hydrogen-bond acceptors (Lipinski definition) is 4. The SMILES string of the molecule is COC(=O)CC=Cc1ccc(Cl)c([N+](=O)[O-])c1. The molecule has 0 saturated carbocycles. The Morgan fingerprint density at radius 1 is 1.59 bits per heavy atom. The van der Waals surface area contributed by atoms with Gasteiger partial charge in [-0.2, -0.15) is 0 Å². The molecule has 5 nitrogen and oxygen atoms in total. The second-order valence-corrected chi connectivity index (χ2v) is 3.56. The summed E-state index contributed by atoms with van der Waals surface area (Å²) in [5.41, 5.74) is 0.442. The standard InChI is InChI=1S/C11H10ClNO4/c1-17-11(14)4-2-3-8-5-6-9(12)10(7-8)13(15)16/h2-3,5-7H,4H2,1H3. The van der Waals surface area contributed by atoms with E-state index in [1.54, 1.807) is 18.2 Å². The molecular weight excluding hydrogens is 246 g/mol. The molecule has 0 fully saturated rings. The zero-order valence-corrected chi connectivity index (χ0v) is 9.81. The first-order valence-corrected chi connectivity index (χ1v) is 5.09. The second kappa shape index (κ2) is 6.00. The van der Waals surface area contributed by atoms with E-state index in [9.17, 15) is 14.9 Å². The van der Waals surface area contributed by atoms with Gasteiger partial charge in [0.15, 0.2) is 0 Å². The van der Waals surface area contributed by atoms with Gasteiger partial charge in [0, 0.05) is 6.07 Å². The maximum absolute atomic E-state index is 10.8. The van der Waals surface area contributed by atoms with Crippen LogP contribution in [-0.4, -0.2) is 18.0 Å². The van der Waals surface area contributed by atoms with Gasteiger partial charge in [-0.3, -0.25) is 14.9 Å². The van der Waals surface area contributed by atoms with Crippen molar-refractivity contribution in [2.75, 3.05) is 7.11 Å². The van der Waals surface area contributed by atoms with E-state index in [0.29, 0.717) is 5.56 Å². The third-order valence-electron chi connectivity index (χ3n) is 1.99. The smallest absolute Gasteiger partial charge is 0.309 e. The molecular formula is C11H10ClNO4. The molecule has 0 aliphatic heterocycles. The molecule has 0 amide bonds. The van der Waals surface area contributed by atoms with Crippen molar-refractivity contribution in [2.24, 2.45) is 0 Å². The van der Waals surface area contributed by atoms with Crippen molar-refractivity contribution in [1.82, 2.24) is 0 Å². The van der Waals surface area contributed by atoms with Crippen LogP contribution < -0.4 is 0 Å². The molecule has 1 aromatic rings. The number of esters is 1. The summed E-state index contributed by atoms with van der Waals surface area (Å²) in [6.07, 6.45) is 3.28. The van der Waals surface area contributed by atoms with E-state index < -0.39 is 4.92 Å². The van der Waals surface area contributed by atoms with Gasteiger partial charge in [-0.25, -0.2) is 0 Å². The predicted octanol–water partition coefficient (Wildman–Crippen LogP) is 2.82. The van der Waals surface area contributed by atoms with Gasteiger partial charge in [0.2, 0.25) is 0 Å². The van der Waals surface area contributed by atoms with Crippen molar-refractivity contribution in [3.63, 3.8) is 0 Å². The maximum Gasteiger partial charge on any atom is 0.309 e. The first-order chi connectivity index (χ1) is 8.04. The highest BCUT2D eigenvalue weighted by atomic mass is 35.5. The van der Waals surface area contributed by atoms with Crippen LogP contribution in [0.25, 0.3) is 6.08 Å². The minimum absolute atomic E-state index is 0.0834. The zero-order chi connectivity index (χ0) is 12.8. The summed E-state index contributed by atoms with van der Waals surface area (Å²) < 4.78 is 4.45. The first kappa shape index (κ1) is 13.2. The number of halogens is 1. The first-order valence-electron chi connectivity index (χ1n) is 4.72. The zero-order valence-electron chi connectivity index (χ0n) is 9.05. The fraction of sp³-hybridized carbons (Fsp3) is 0.182. The number of benzene rings is 1. The van der Waals surface area contributed by atoms with Crippen LogP contribution in [0.4, 0.5) is 5.69 Å². The van der Waals surface area contributed by atoms with E-state index in [0.717, 1.165) is 0 Å². The Morgan fingerprint density at radius 3 is 2.88 bits per heavy atom. The van der Waals surface area contributed by atoms with Crippen LogP contribution in [0.1, 0.15) is 12.0 Å². The van der Waals surface area contributed by atoms with Crippen molar-refractivity contribution in [3.05, 3.63) is 45.0 Å². The third kappa shape index (κ3) is 3.88. The molecule has 90 valence electrons. The van der Waals surface area contributed by atoms with Crippen LogP contribution in [0.5, 0.6) is 0 Å². The molecule has 0 spiro atoms. The Labute approximate surface area is 103 Å². The molecule has 0 radical (unpaired) electrons. The number of nitro benzene ring substituents is 1. The Morgan fingerprint density at radius 2 is 2.29 bits per heavy atom. The van der Waals surface area contributed by atoms with Crippen LogP contribution in [0.2, 0.25) is 5.02 Å². The largest absolute Gasteiger partial charge is 0.469 e. The number of ether oxygens (including phenoxy) is 1. The minimum Gasteiger partial charge on any atom is -0.469 e. The van der Waals surface area contributed by atoms with Gasteiger partial charge in [-0.15, -0.1) is 0 Å². The summed E-state index contributed by atoms with van der Waals surface area (Å²) in [6, 6.07) is 4.41. The fourth-order valence-electron chi connectivity index (χ4n) is 1.15. The minimum atomic E-state index is -0.556. The molecule has 0 N–H and O–H groups in total. The number of hydrogen-bond donors (Lipinski definition) is 0. The van der Waals surface area contributed by atoms with Crippen LogP contribution in [0.3, 0.4) is 0 Å². The number of carbonyl (C=O) groups excluding carboxylic acids is 1. The van der Waals surface area contributed by atoms with E-state index >= 15 is 0 Å². The number of nitrogens with zero attached hydrogens (tertiary/aromatic N) is 1. The van der Waals surface area contributed by atoms with Gasteiger partial charge >= 0.3 is 5.97 Å². The molecule has 1 rings (SSSR count). The normalized spacial score (nSPS) is 10.5. The highest BCUT2D eigenvalue weighted by molar-refractivity contribution is 6.32. The van der Waals surface area contributed by atoms with Gasteiger partial charge in [0.1, 0.15) is 5.02 Å². The number of nitro groups is 1. The molecule has 0 unspecified atom stereocenters. The Hall–Kier alpha value is -1.88. The van der Waals surface area contributed by atoms with Crippen molar-refractivity contribution < 1.29 is 14.5 Å². The lowest BCUT2D eigenvalue weighted by Gasteiger charge is -1.97. The molecule has 0 bridgehead atoms. The Bertz CT molecular complexity index is 471. The van der Waals surface area contributed by atoms with E-state index in [2.05, 4.69) is 4.74 Å². The van der Waals surface area contributed by atoms with E-state index in [1.807, 2.05) is 0 Å². The van der Waals surface area contributed by atoms with Gasteiger partial charge in [-0.1, -0.05) is 29.8 Å². The lowest BCUT2D eigenvalue weighted by molar-refractivity contribution is -0.384. The molecule has 1 aromatic carbocycles. The monoisotopic (exact) mass is 255 g/mol. The highest BCUT2D eigenvalue weighted by Crippen LogP contribution is 2.25. The van der Waals surface area contributed by atoms with Crippen molar-refractivity contribution in [3.8, 4) is 0 Å². The summed E-state index contributed by atoms with van der Waals surface area (Å²) in [7, 11) is 1.29. The average molecular weight is 256 g/mol. The quantitative estimate of drug-likeness (QED) is 0.471. The summed E-state index contributed by atoms with van der Waals surface area (Å²) in [5, 5.41) is 10.7. The summed E-state index contributed by atoms with van der Waals surface area (Å²) in [4.78, 5) is 20.9. The maximum atomic E-state index is 10.8. The Kier molecular flexibility index (Phi) is 4.66. The Balaban J connectivity index is 2.82.